The molecule has 1 rings (SSSR count). The fourth-order valence-electron chi connectivity index (χ4n) is 6.26. The van der Waals surface area contributed by atoms with E-state index in [0.29, 0.717) is 19.3 Å². The molecule has 1 aromatic rings. The molecule has 3 atom stereocenters. The summed E-state index contributed by atoms with van der Waals surface area (Å²) in [6.07, 6.45) is 31.8. The van der Waals surface area contributed by atoms with Crippen LogP contribution in [0.3, 0.4) is 0 Å². The van der Waals surface area contributed by atoms with E-state index in [1.54, 1.807) is 6.08 Å². The Labute approximate surface area is 344 Å². The van der Waals surface area contributed by atoms with E-state index in [9.17, 15) is 24.2 Å². The number of aliphatic hydroxyl groups excluding tert-OH is 1. The van der Waals surface area contributed by atoms with Crippen molar-refractivity contribution in [1.82, 2.24) is 0 Å². The lowest BCUT2D eigenvalue weighted by molar-refractivity contribution is -0.161. The van der Waals surface area contributed by atoms with Crippen molar-refractivity contribution in [2.24, 2.45) is 5.73 Å². The number of aliphatic hydroxyl groups is 1. The van der Waals surface area contributed by atoms with E-state index in [4.69, 9.17) is 28.7 Å². The number of aryl methyl sites for hydroxylation is 2. The summed E-state index contributed by atoms with van der Waals surface area (Å²) in [6, 6.07) is 0. The summed E-state index contributed by atoms with van der Waals surface area (Å²) in [5.41, 5.74) is 7.99. The van der Waals surface area contributed by atoms with Crippen LogP contribution in [-0.2, 0) is 45.5 Å². The van der Waals surface area contributed by atoms with Crippen molar-refractivity contribution >= 4 is 19.8 Å². The standard InChI is InChI=1S/C45H78NO10P/c1-5-7-22-28-40(47)29-24-18-14-10-9-11-16-20-26-32-44(48)52-36-41(37-54-57(50,51)53-35-34-46)55-45(49)33-27-21-17-13-12-15-19-25-31-43-39(4)38(3)42(56-43)30-23-8-6-2/h7,14,18,22,24,29,40-41,47H,5-6,8-13,15-17,19-21,23,25-28,30-37,46H2,1-4H3,(H,50,51)/b18-14+,22-7+,29-24+/t40?,41-/m1/s1. The number of esters is 2. The van der Waals surface area contributed by atoms with Gasteiger partial charge in [0.2, 0.25) is 0 Å². The Kier molecular flexibility index (Phi) is 31.6. The summed E-state index contributed by atoms with van der Waals surface area (Å²) < 4.78 is 39.0. The Balaban J connectivity index is 2.29. The highest BCUT2D eigenvalue weighted by atomic mass is 31.2. The highest BCUT2D eigenvalue weighted by molar-refractivity contribution is 7.47. The fraction of sp³-hybridized carbons (Fsp3) is 0.733. The molecule has 0 aromatic carbocycles. The third kappa shape index (κ3) is 28.5. The van der Waals surface area contributed by atoms with Gasteiger partial charge < -0.3 is 29.6 Å². The number of hydrogen-bond acceptors (Lipinski definition) is 10. The number of hydrogen-bond donors (Lipinski definition) is 3. The van der Waals surface area contributed by atoms with E-state index in [2.05, 4.69) is 33.8 Å². The molecule has 0 aliphatic carbocycles. The van der Waals surface area contributed by atoms with Gasteiger partial charge in [-0.3, -0.25) is 18.6 Å². The number of furan rings is 1. The maximum absolute atomic E-state index is 12.6. The number of allylic oxidation sites excluding steroid dienone is 4. The van der Waals surface area contributed by atoms with Gasteiger partial charge in [0.05, 0.1) is 19.3 Å². The van der Waals surface area contributed by atoms with Crippen LogP contribution in [0, 0.1) is 13.8 Å². The third-order valence-electron chi connectivity index (χ3n) is 9.82. The van der Waals surface area contributed by atoms with Crippen LogP contribution in [0.1, 0.15) is 171 Å². The Bertz CT molecular complexity index is 1320. The summed E-state index contributed by atoms with van der Waals surface area (Å²) in [5.74, 6) is 1.41. The molecule has 0 aliphatic heterocycles. The molecule has 11 nitrogen and oxygen atoms in total. The van der Waals surface area contributed by atoms with Gasteiger partial charge in [-0.25, -0.2) is 4.57 Å². The molecule has 0 amide bonds. The predicted molar refractivity (Wildman–Crippen MR) is 229 cm³/mol. The Morgan fingerprint density at radius 3 is 1.93 bits per heavy atom. The second-order valence-electron chi connectivity index (χ2n) is 15.0. The van der Waals surface area contributed by atoms with E-state index in [-0.39, 0.29) is 32.6 Å². The number of rotatable bonds is 37. The molecule has 57 heavy (non-hydrogen) atoms. The Hall–Kier alpha value is -2.53. The number of nitrogens with two attached hydrogens (primary N) is 1. The molecule has 0 saturated heterocycles. The van der Waals surface area contributed by atoms with E-state index < -0.39 is 38.6 Å². The molecular weight excluding hydrogens is 745 g/mol. The Morgan fingerprint density at radius 2 is 1.32 bits per heavy atom. The van der Waals surface area contributed by atoms with Crippen LogP contribution < -0.4 is 5.73 Å². The summed E-state index contributed by atoms with van der Waals surface area (Å²) in [7, 11) is -4.41. The number of carbonyl (C=O) groups excluding carboxylic acids is 2. The Morgan fingerprint density at radius 1 is 0.737 bits per heavy atom. The minimum Gasteiger partial charge on any atom is -0.466 e. The quantitative estimate of drug-likeness (QED) is 0.0192. The highest BCUT2D eigenvalue weighted by Crippen LogP contribution is 2.43. The number of phosphoric acid groups is 1. The van der Waals surface area contributed by atoms with Gasteiger partial charge in [-0.15, -0.1) is 0 Å². The van der Waals surface area contributed by atoms with E-state index in [1.807, 2.05) is 24.3 Å². The molecule has 0 fully saturated rings. The van der Waals surface area contributed by atoms with Gasteiger partial charge in [0, 0.05) is 32.2 Å². The van der Waals surface area contributed by atoms with Crippen LogP contribution in [0.25, 0.3) is 0 Å². The van der Waals surface area contributed by atoms with Gasteiger partial charge in [-0.05, 0) is 76.3 Å². The van der Waals surface area contributed by atoms with Crippen molar-refractivity contribution in [2.45, 2.75) is 188 Å². The predicted octanol–water partition coefficient (Wildman–Crippen LogP) is 10.8. The normalized spacial score (nSPS) is 14.2. The van der Waals surface area contributed by atoms with Crippen molar-refractivity contribution in [2.75, 3.05) is 26.4 Å². The number of ether oxygens (including phenoxy) is 2. The zero-order valence-corrected chi connectivity index (χ0v) is 36.8. The average molecular weight is 824 g/mol. The maximum atomic E-state index is 12.6. The minimum absolute atomic E-state index is 0.0350. The molecule has 4 N–H and O–H groups in total. The van der Waals surface area contributed by atoms with Crippen LogP contribution in [0.15, 0.2) is 40.9 Å². The molecule has 2 unspecified atom stereocenters. The summed E-state index contributed by atoms with van der Waals surface area (Å²) in [6.45, 7) is 7.76. The number of unbranched alkanes of at least 4 members (excludes halogenated alkanes) is 14. The van der Waals surface area contributed by atoms with Gasteiger partial charge in [-0.1, -0.05) is 121 Å². The topological polar surface area (TPSA) is 168 Å². The second-order valence-corrected chi connectivity index (χ2v) is 16.4. The first-order chi connectivity index (χ1) is 27.5. The molecule has 0 saturated carbocycles. The largest absolute Gasteiger partial charge is 0.472 e. The first kappa shape index (κ1) is 52.5. The van der Waals surface area contributed by atoms with Gasteiger partial charge >= 0.3 is 19.8 Å². The van der Waals surface area contributed by atoms with Crippen molar-refractivity contribution in [3.05, 3.63) is 59.1 Å². The first-order valence-corrected chi connectivity index (χ1v) is 23.4. The van der Waals surface area contributed by atoms with Gasteiger partial charge in [0.25, 0.3) is 0 Å². The molecular formula is C45H78NO10P. The van der Waals surface area contributed by atoms with Gasteiger partial charge in [0.1, 0.15) is 18.1 Å². The van der Waals surface area contributed by atoms with Crippen molar-refractivity contribution in [1.29, 1.82) is 0 Å². The molecule has 328 valence electrons. The average Bonchev–Trinajstić information content (AvgIpc) is 3.45. The first-order valence-electron chi connectivity index (χ1n) is 21.9. The lowest BCUT2D eigenvalue weighted by Crippen LogP contribution is -2.29. The molecule has 0 radical (unpaired) electrons. The van der Waals surface area contributed by atoms with Crippen LogP contribution in [0.5, 0.6) is 0 Å². The molecule has 0 bridgehead atoms. The molecule has 0 aliphatic rings. The van der Waals surface area contributed by atoms with Gasteiger partial charge in [0.15, 0.2) is 6.10 Å². The van der Waals surface area contributed by atoms with E-state index in [1.165, 1.54) is 49.0 Å². The molecule has 12 heteroatoms. The van der Waals surface area contributed by atoms with Crippen molar-refractivity contribution in [3.63, 3.8) is 0 Å². The summed E-state index contributed by atoms with van der Waals surface area (Å²) >= 11 is 0. The SMILES string of the molecule is CC/C=C/CC(O)/C=C/C=C/CCCCCCCC(=O)OC[C@H](COP(=O)(O)OCCN)OC(=O)CCCCCCCCCCc1oc(CCCCC)c(C)c1C. The monoisotopic (exact) mass is 824 g/mol. The van der Waals surface area contributed by atoms with Gasteiger partial charge in [-0.2, -0.15) is 0 Å². The van der Waals surface area contributed by atoms with Crippen LogP contribution in [0.2, 0.25) is 0 Å². The highest BCUT2D eigenvalue weighted by Gasteiger charge is 2.26. The van der Waals surface area contributed by atoms with Crippen molar-refractivity contribution in [3.8, 4) is 0 Å². The van der Waals surface area contributed by atoms with Crippen LogP contribution >= 0.6 is 7.82 Å². The second kappa shape index (κ2) is 34.3. The zero-order valence-electron chi connectivity index (χ0n) is 35.9. The van der Waals surface area contributed by atoms with Crippen LogP contribution in [0.4, 0.5) is 0 Å². The smallest absolute Gasteiger partial charge is 0.466 e. The number of carbonyl (C=O) groups is 2. The fourth-order valence-corrected chi connectivity index (χ4v) is 7.03. The summed E-state index contributed by atoms with van der Waals surface area (Å²) in [5, 5.41) is 9.87. The maximum Gasteiger partial charge on any atom is 0.472 e. The number of phosphoric ester groups is 1. The van der Waals surface area contributed by atoms with E-state index >= 15 is 0 Å². The zero-order chi connectivity index (χ0) is 42.0. The van der Waals surface area contributed by atoms with Crippen LogP contribution in [-0.4, -0.2) is 60.5 Å². The third-order valence-corrected chi connectivity index (χ3v) is 10.8. The molecule has 1 heterocycles. The molecule has 0 spiro atoms. The minimum atomic E-state index is -4.41. The van der Waals surface area contributed by atoms with Crippen molar-refractivity contribution < 1.29 is 47.1 Å². The summed E-state index contributed by atoms with van der Waals surface area (Å²) in [4.78, 5) is 35.0. The lowest BCUT2D eigenvalue weighted by atomic mass is 10.0. The lowest BCUT2D eigenvalue weighted by Gasteiger charge is -2.19. The van der Waals surface area contributed by atoms with E-state index in [0.717, 1.165) is 89.2 Å². The molecule has 1 aromatic heterocycles.